The third-order valence-electron chi connectivity index (χ3n) is 8.93. The summed E-state index contributed by atoms with van der Waals surface area (Å²) in [5.74, 6) is 1.36. The maximum Gasteiger partial charge on any atom is 0.157 e. The molecule has 2 aromatic carbocycles. The second kappa shape index (κ2) is 9.88. The Balaban J connectivity index is 1.05. The standard InChI is InChI=1S/C35H33N7O/c1-20-12-26(10-11-36-20)39-25-5-8-30-33(15-25)42-34(41-30)31-9-6-27(18-37-31)40-32-13-21(2)38-29-7-4-23(14-28(29)32)35-16-22(3)43-19-24(35)17-35/h4-15,18,22,24H,16-17,19H2,1-3H3,(H,36,39)(H,38,40)(H,41,42)/t22-,24+,35+/m1/s1. The van der Waals surface area contributed by atoms with Crippen LogP contribution in [-0.2, 0) is 10.2 Å². The van der Waals surface area contributed by atoms with Crippen molar-refractivity contribution in [2.24, 2.45) is 5.92 Å². The number of ether oxygens (including phenoxy) is 1. The van der Waals surface area contributed by atoms with Crippen molar-refractivity contribution in [3.8, 4) is 11.5 Å². The quantitative estimate of drug-likeness (QED) is 0.189. The highest BCUT2D eigenvalue weighted by Crippen LogP contribution is 2.60. The zero-order valence-corrected chi connectivity index (χ0v) is 24.5. The van der Waals surface area contributed by atoms with E-state index < -0.39 is 0 Å². The maximum atomic E-state index is 5.93. The van der Waals surface area contributed by atoms with Crippen LogP contribution in [0.15, 0.2) is 79.1 Å². The first-order valence-electron chi connectivity index (χ1n) is 14.9. The number of hydrogen-bond acceptors (Lipinski definition) is 7. The average Bonchev–Trinajstić information content (AvgIpc) is 3.58. The molecular weight excluding hydrogens is 534 g/mol. The first kappa shape index (κ1) is 25.9. The van der Waals surface area contributed by atoms with Crippen molar-refractivity contribution >= 4 is 44.7 Å². The molecule has 214 valence electrons. The smallest absolute Gasteiger partial charge is 0.157 e. The summed E-state index contributed by atoms with van der Waals surface area (Å²) in [7, 11) is 0. The van der Waals surface area contributed by atoms with Crippen molar-refractivity contribution in [3.05, 3.63) is 96.1 Å². The predicted octanol–water partition coefficient (Wildman–Crippen LogP) is 7.74. The molecule has 3 atom stereocenters. The summed E-state index contributed by atoms with van der Waals surface area (Å²) in [4.78, 5) is 22.1. The van der Waals surface area contributed by atoms with Crippen LogP contribution in [0.2, 0.25) is 0 Å². The first-order chi connectivity index (χ1) is 20.9. The maximum absolute atomic E-state index is 5.93. The van der Waals surface area contributed by atoms with Gasteiger partial charge in [-0.05, 0) is 106 Å². The number of aromatic amines is 1. The van der Waals surface area contributed by atoms with E-state index in [1.165, 1.54) is 12.0 Å². The molecule has 6 aromatic rings. The fraction of sp³-hybridized carbons (Fsp3) is 0.257. The Kier molecular flexibility index (Phi) is 5.94. The van der Waals surface area contributed by atoms with Gasteiger partial charge in [0, 0.05) is 45.4 Å². The third-order valence-corrected chi connectivity index (χ3v) is 8.93. The second-order valence-electron chi connectivity index (χ2n) is 12.1. The molecule has 8 heteroatoms. The van der Waals surface area contributed by atoms with Crippen LogP contribution in [0, 0.1) is 19.8 Å². The van der Waals surface area contributed by atoms with Crippen LogP contribution < -0.4 is 10.6 Å². The molecule has 4 aromatic heterocycles. The van der Waals surface area contributed by atoms with Crippen molar-refractivity contribution in [1.29, 1.82) is 0 Å². The Morgan fingerprint density at radius 2 is 1.67 bits per heavy atom. The SMILES string of the molecule is Cc1cc(Nc2ccc3nc(-c4ccc(Nc5cc(C)nc6ccc([C@]78C[C@H]7CO[C@H](C)C8)cc56)cn4)[nH]c3c2)ccn1. The average molecular weight is 568 g/mol. The molecule has 1 aliphatic heterocycles. The Morgan fingerprint density at radius 3 is 2.53 bits per heavy atom. The van der Waals surface area contributed by atoms with Crippen LogP contribution in [0.5, 0.6) is 0 Å². The molecular formula is C35H33N7O. The number of pyridine rings is 3. The monoisotopic (exact) mass is 567 g/mol. The molecule has 2 fully saturated rings. The highest BCUT2D eigenvalue weighted by atomic mass is 16.5. The number of benzene rings is 2. The van der Waals surface area contributed by atoms with Crippen LogP contribution >= 0.6 is 0 Å². The molecule has 2 aliphatic rings. The third kappa shape index (κ3) is 4.77. The Labute approximate surface area is 250 Å². The zero-order chi connectivity index (χ0) is 29.1. The summed E-state index contributed by atoms with van der Waals surface area (Å²) < 4.78 is 5.93. The minimum atomic E-state index is 0.249. The molecule has 0 radical (unpaired) electrons. The van der Waals surface area contributed by atoms with Crippen molar-refractivity contribution in [2.75, 3.05) is 17.2 Å². The summed E-state index contributed by atoms with van der Waals surface area (Å²) >= 11 is 0. The van der Waals surface area contributed by atoms with Crippen LogP contribution in [-0.4, -0.2) is 37.6 Å². The molecule has 0 amide bonds. The van der Waals surface area contributed by atoms with Crippen molar-refractivity contribution in [1.82, 2.24) is 24.9 Å². The predicted molar refractivity (Wildman–Crippen MR) is 171 cm³/mol. The Morgan fingerprint density at radius 1 is 0.814 bits per heavy atom. The van der Waals surface area contributed by atoms with Crippen LogP contribution in [0.25, 0.3) is 33.5 Å². The lowest BCUT2D eigenvalue weighted by Gasteiger charge is -2.28. The highest BCUT2D eigenvalue weighted by Gasteiger charge is 2.58. The molecule has 1 saturated carbocycles. The summed E-state index contributed by atoms with van der Waals surface area (Å²) in [6.45, 7) is 7.08. The van der Waals surface area contributed by atoms with Crippen molar-refractivity contribution < 1.29 is 4.74 Å². The summed E-state index contributed by atoms with van der Waals surface area (Å²) in [5, 5.41) is 8.20. The van der Waals surface area contributed by atoms with Crippen LogP contribution in [0.4, 0.5) is 22.7 Å². The van der Waals surface area contributed by atoms with E-state index in [4.69, 9.17) is 19.7 Å². The van der Waals surface area contributed by atoms with E-state index in [1.807, 2.05) is 50.4 Å². The number of imidazole rings is 1. The highest BCUT2D eigenvalue weighted by molar-refractivity contribution is 5.94. The fourth-order valence-electron chi connectivity index (χ4n) is 6.71. The van der Waals surface area contributed by atoms with Gasteiger partial charge in [0.15, 0.2) is 5.82 Å². The molecule has 8 rings (SSSR count). The Bertz CT molecular complexity index is 2000. The number of fused-ring (bicyclic) bond motifs is 3. The van der Waals surface area contributed by atoms with Crippen molar-refractivity contribution in [3.63, 3.8) is 0 Å². The van der Waals surface area contributed by atoms with Gasteiger partial charge in [0.1, 0.15) is 5.69 Å². The number of hydrogen-bond donors (Lipinski definition) is 3. The molecule has 43 heavy (non-hydrogen) atoms. The van der Waals surface area contributed by atoms with E-state index in [-0.39, 0.29) is 5.41 Å². The fourth-order valence-corrected chi connectivity index (χ4v) is 6.71. The van der Waals surface area contributed by atoms with Gasteiger partial charge in [0.05, 0.1) is 41.1 Å². The van der Waals surface area contributed by atoms with Gasteiger partial charge in [-0.25, -0.2) is 4.98 Å². The number of nitrogens with zero attached hydrogens (tertiary/aromatic N) is 4. The molecule has 0 unspecified atom stereocenters. The van der Waals surface area contributed by atoms with E-state index in [1.54, 1.807) is 6.20 Å². The lowest BCUT2D eigenvalue weighted by molar-refractivity contribution is 0.0146. The van der Waals surface area contributed by atoms with Crippen LogP contribution in [0.3, 0.4) is 0 Å². The minimum Gasteiger partial charge on any atom is -0.378 e. The number of nitrogens with one attached hydrogen (secondary N) is 3. The van der Waals surface area contributed by atoms with E-state index >= 15 is 0 Å². The van der Waals surface area contributed by atoms with Gasteiger partial charge in [0.2, 0.25) is 0 Å². The van der Waals surface area contributed by atoms with Gasteiger partial charge >= 0.3 is 0 Å². The number of aryl methyl sites for hydroxylation is 2. The van der Waals surface area contributed by atoms with Gasteiger partial charge in [-0.15, -0.1) is 0 Å². The number of H-pyrrole nitrogens is 1. The number of aromatic nitrogens is 5. The summed E-state index contributed by atoms with van der Waals surface area (Å²) in [6.07, 6.45) is 6.26. The number of anilines is 4. The topological polar surface area (TPSA) is 101 Å². The molecule has 0 spiro atoms. The van der Waals surface area contributed by atoms with Gasteiger partial charge in [-0.2, -0.15) is 0 Å². The molecule has 1 aliphatic carbocycles. The van der Waals surface area contributed by atoms with Gasteiger partial charge in [0.25, 0.3) is 0 Å². The van der Waals surface area contributed by atoms with Gasteiger partial charge in [-0.1, -0.05) is 6.07 Å². The molecule has 1 saturated heterocycles. The number of rotatable bonds is 6. The van der Waals surface area contributed by atoms with E-state index in [0.717, 1.165) is 80.6 Å². The first-order valence-corrected chi connectivity index (χ1v) is 14.9. The summed E-state index contributed by atoms with van der Waals surface area (Å²) in [5.41, 5.74) is 11.2. The normalized spacial score (nSPS) is 21.1. The lowest BCUT2D eigenvalue weighted by Crippen LogP contribution is -2.27. The molecule has 3 N–H and O–H groups in total. The minimum absolute atomic E-state index is 0.249. The van der Waals surface area contributed by atoms with Gasteiger partial charge in [-0.3, -0.25) is 15.0 Å². The largest absolute Gasteiger partial charge is 0.378 e. The zero-order valence-electron chi connectivity index (χ0n) is 24.5. The van der Waals surface area contributed by atoms with E-state index in [2.05, 4.69) is 63.9 Å². The summed E-state index contributed by atoms with van der Waals surface area (Å²) in [6, 6.07) is 23.0. The van der Waals surface area contributed by atoms with Crippen molar-refractivity contribution in [2.45, 2.75) is 45.1 Å². The molecule has 8 nitrogen and oxygen atoms in total. The van der Waals surface area contributed by atoms with E-state index in [0.29, 0.717) is 12.0 Å². The van der Waals surface area contributed by atoms with Gasteiger partial charge < -0.3 is 20.4 Å². The molecule has 0 bridgehead atoms. The van der Waals surface area contributed by atoms with Crippen LogP contribution in [0.1, 0.15) is 36.7 Å². The lowest BCUT2D eigenvalue weighted by atomic mass is 9.85. The molecule has 5 heterocycles. The second-order valence-corrected chi connectivity index (χ2v) is 12.1. The Hall–Kier alpha value is -4.82. The van der Waals surface area contributed by atoms with E-state index in [9.17, 15) is 0 Å².